The molecule has 1 saturated carbocycles. The SMILES string of the molecule is CC(C)(C(=O)O)c1ccc(Nc2ncc3cnn(C4CCCCCC4)c3n2)cc1. The summed E-state index contributed by atoms with van der Waals surface area (Å²) >= 11 is 0. The molecule has 0 aliphatic heterocycles. The van der Waals surface area contributed by atoms with Crippen molar-refractivity contribution in [1.82, 2.24) is 19.7 Å². The number of anilines is 2. The van der Waals surface area contributed by atoms with E-state index in [-0.39, 0.29) is 0 Å². The second-order valence-corrected chi connectivity index (χ2v) is 8.34. The Morgan fingerprint density at radius 3 is 2.45 bits per heavy atom. The van der Waals surface area contributed by atoms with Crippen molar-refractivity contribution in [2.24, 2.45) is 0 Å². The van der Waals surface area contributed by atoms with Crippen molar-refractivity contribution >= 4 is 28.6 Å². The van der Waals surface area contributed by atoms with Crippen LogP contribution in [0.25, 0.3) is 11.0 Å². The summed E-state index contributed by atoms with van der Waals surface area (Å²) in [7, 11) is 0. The van der Waals surface area contributed by atoms with Crippen LogP contribution in [0.15, 0.2) is 36.7 Å². The van der Waals surface area contributed by atoms with Crippen molar-refractivity contribution in [2.75, 3.05) is 5.32 Å². The Labute approximate surface area is 170 Å². The number of carboxylic acids is 1. The summed E-state index contributed by atoms with van der Waals surface area (Å²) in [5, 5.41) is 18.1. The highest BCUT2D eigenvalue weighted by Crippen LogP contribution is 2.30. The molecule has 1 aliphatic carbocycles. The number of carboxylic acid groups (broad SMARTS) is 1. The quantitative estimate of drug-likeness (QED) is 0.603. The number of carbonyl (C=O) groups is 1. The molecule has 0 spiro atoms. The van der Waals surface area contributed by atoms with Gasteiger partial charge in [-0.05, 0) is 44.4 Å². The molecule has 1 fully saturated rings. The molecule has 2 aromatic heterocycles. The van der Waals surface area contributed by atoms with Crippen molar-refractivity contribution in [2.45, 2.75) is 63.8 Å². The van der Waals surface area contributed by atoms with E-state index in [1.54, 1.807) is 20.0 Å². The van der Waals surface area contributed by atoms with Crippen LogP contribution in [0.5, 0.6) is 0 Å². The van der Waals surface area contributed by atoms with Crippen molar-refractivity contribution in [3.63, 3.8) is 0 Å². The summed E-state index contributed by atoms with van der Waals surface area (Å²) in [6, 6.07) is 7.76. The Bertz CT molecular complexity index is 1000. The maximum Gasteiger partial charge on any atom is 0.313 e. The van der Waals surface area contributed by atoms with Crippen LogP contribution in [0, 0.1) is 0 Å². The van der Waals surface area contributed by atoms with Gasteiger partial charge in [0, 0.05) is 11.9 Å². The van der Waals surface area contributed by atoms with Gasteiger partial charge >= 0.3 is 5.97 Å². The molecule has 29 heavy (non-hydrogen) atoms. The molecule has 0 unspecified atom stereocenters. The Morgan fingerprint density at radius 2 is 1.79 bits per heavy atom. The first kappa shape index (κ1) is 19.4. The van der Waals surface area contributed by atoms with Crippen LogP contribution in [0.2, 0.25) is 0 Å². The molecule has 7 nitrogen and oxygen atoms in total. The second kappa shape index (κ2) is 7.81. The molecule has 0 saturated heterocycles. The zero-order valence-corrected chi connectivity index (χ0v) is 16.9. The minimum Gasteiger partial charge on any atom is -0.481 e. The van der Waals surface area contributed by atoms with Gasteiger partial charge in [0.15, 0.2) is 5.65 Å². The van der Waals surface area contributed by atoms with Gasteiger partial charge in [-0.1, -0.05) is 37.8 Å². The van der Waals surface area contributed by atoms with Crippen molar-refractivity contribution in [1.29, 1.82) is 0 Å². The first-order chi connectivity index (χ1) is 13.9. The summed E-state index contributed by atoms with van der Waals surface area (Å²) in [5.41, 5.74) is 1.49. The smallest absolute Gasteiger partial charge is 0.313 e. The van der Waals surface area contributed by atoms with E-state index in [1.165, 1.54) is 25.7 Å². The van der Waals surface area contributed by atoms with Gasteiger partial charge in [0.05, 0.1) is 23.0 Å². The number of aromatic nitrogens is 4. The molecule has 4 rings (SSSR count). The number of hydrogen-bond acceptors (Lipinski definition) is 5. The summed E-state index contributed by atoms with van der Waals surface area (Å²) in [6.45, 7) is 3.40. The molecule has 0 atom stereocenters. The van der Waals surface area contributed by atoms with E-state index in [9.17, 15) is 9.90 Å². The molecule has 1 aliphatic rings. The molecule has 2 N–H and O–H groups in total. The number of nitrogens with one attached hydrogen (secondary N) is 1. The first-order valence-electron chi connectivity index (χ1n) is 10.3. The minimum atomic E-state index is -0.931. The zero-order valence-electron chi connectivity index (χ0n) is 16.9. The molecule has 0 radical (unpaired) electrons. The van der Waals surface area contributed by atoms with Crippen LogP contribution >= 0.6 is 0 Å². The Morgan fingerprint density at radius 1 is 1.10 bits per heavy atom. The lowest BCUT2D eigenvalue weighted by Gasteiger charge is -2.20. The maximum atomic E-state index is 11.4. The highest BCUT2D eigenvalue weighted by molar-refractivity contribution is 5.80. The number of nitrogens with zero attached hydrogens (tertiary/aromatic N) is 4. The largest absolute Gasteiger partial charge is 0.481 e. The van der Waals surface area contributed by atoms with E-state index < -0.39 is 11.4 Å². The maximum absolute atomic E-state index is 11.4. The average molecular weight is 393 g/mol. The molecule has 7 heteroatoms. The fourth-order valence-electron chi connectivity index (χ4n) is 3.89. The van der Waals surface area contributed by atoms with Gasteiger partial charge in [-0.2, -0.15) is 10.1 Å². The third-order valence-electron chi connectivity index (χ3n) is 5.90. The molecule has 3 aromatic rings. The fraction of sp³-hybridized carbons (Fsp3) is 0.455. The van der Waals surface area contributed by atoms with Crippen LogP contribution in [0.1, 0.15) is 64.0 Å². The second-order valence-electron chi connectivity index (χ2n) is 8.34. The van der Waals surface area contributed by atoms with Gasteiger partial charge in [0.1, 0.15) is 0 Å². The molecule has 0 amide bonds. The Balaban J connectivity index is 1.57. The lowest BCUT2D eigenvalue weighted by molar-refractivity contribution is -0.142. The number of aliphatic carboxylic acids is 1. The number of rotatable bonds is 5. The van der Waals surface area contributed by atoms with E-state index >= 15 is 0 Å². The predicted molar refractivity (Wildman–Crippen MR) is 112 cm³/mol. The number of fused-ring (bicyclic) bond motifs is 1. The summed E-state index contributed by atoms with van der Waals surface area (Å²) < 4.78 is 2.06. The summed E-state index contributed by atoms with van der Waals surface area (Å²) in [4.78, 5) is 20.6. The zero-order chi connectivity index (χ0) is 20.4. The predicted octanol–water partition coefficient (Wildman–Crippen LogP) is 4.83. The summed E-state index contributed by atoms with van der Waals surface area (Å²) in [5.74, 6) is -0.336. The number of benzene rings is 1. The van der Waals surface area contributed by atoms with Crippen molar-refractivity contribution < 1.29 is 9.90 Å². The van der Waals surface area contributed by atoms with Gasteiger partial charge in [-0.25, -0.2) is 9.67 Å². The topological polar surface area (TPSA) is 92.9 Å². The molecule has 152 valence electrons. The molecular formula is C22H27N5O2. The van der Waals surface area contributed by atoms with Crippen LogP contribution in [0.4, 0.5) is 11.6 Å². The van der Waals surface area contributed by atoms with E-state index in [2.05, 4.69) is 20.1 Å². The van der Waals surface area contributed by atoms with E-state index in [1.807, 2.05) is 30.5 Å². The Kier molecular flexibility index (Phi) is 5.22. The highest BCUT2D eigenvalue weighted by atomic mass is 16.4. The van der Waals surface area contributed by atoms with Gasteiger partial charge in [-0.3, -0.25) is 4.79 Å². The highest BCUT2D eigenvalue weighted by Gasteiger charge is 2.29. The molecule has 0 bridgehead atoms. The third-order valence-corrected chi connectivity index (χ3v) is 5.90. The van der Waals surface area contributed by atoms with Crippen molar-refractivity contribution in [3.05, 3.63) is 42.2 Å². The first-order valence-corrected chi connectivity index (χ1v) is 10.3. The average Bonchev–Trinajstić information content (AvgIpc) is 2.93. The number of hydrogen-bond donors (Lipinski definition) is 2. The van der Waals surface area contributed by atoms with Gasteiger partial charge < -0.3 is 10.4 Å². The lowest BCUT2D eigenvalue weighted by atomic mass is 9.85. The van der Waals surface area contributed by atoms with Gasteiger partial charge in [0.25, 0.3) is 0 Å². The summed E-state index contributed by atoms with van der Waals surface area (Å²) in [6.07, 6.45) is 11.0. The molecule has 2 heterocycles. The monoisotopic (exact) mass is 393 g/mol. The van der Waals surface area contributed by atoms with E-state index in [0.717, 1.165) is 35.1 Å². The van der Waals surface area contributed by atoms with E-state index in [4.69, 9.17) is 4.98 Å². The standard InChI is InChI=1S/C22H27N5O2/c1-22(2,20(28)29)16-9-11-17(12-10-16)25-21-23-13-15-14-24-27(19(15)26-21)18-7-5-3-4-6-8-18/h9-14,18H,3-8H2,1-2H3,(H,28,29)(H,23,25,26). The van der Waals surface area contributed by atoms with Crippen LogP contribution < -0.4 is 5.32 Å². The molecule has 1 aromatic carbocycles. The van der Waals surface area contributed by atoms with Gasteiger partial charge in [-0.15, -0.1) is 0 Å². The minimum absolute atomic E-state index is 0.398. The van der Waals surface area contributed by atoms with Gasteiger partial charge in [0.2, 0.25) is 5.95 Å². The van der Waals surface area contributed by atoms with Crippen LogP contribution in [-0.4, -0.2) is 30.8 Å². The third kappa shape index (κ3) is 3.95. The Hall–Kier alpha value is -2.96. The van der Waals surface area contributed by atoms with Crippen LogP contribution in [-0.2, 0) is 10.2 Å². The normalized spacial score (nSPS) is 15.9. The van der Waals surface area contributed by atoms with E-state index in [0.29, 0.717) is 12.0 Å². The van der Waals surface area contributed by atoms with Crippen LogP contribution in [0.3, 0.4) is 0 Å². The lowest BCUT2D eigenvalue weighted by Crippen LogP contribution is -2.28. The van der Waals surface area contributed by atoms with Crippen molar-refractivity contribution in [3.8, 4) is 0 Å². The fourth-order valence-corrected chi connectivity index (χ4v) is 3.89. The molecular weight excluding hydrogens is 366 g/mol.